The lowest BCUT2D eigenvalue weighted by molar-refractivity contribution is -0.136. The topological polar surface area (TPSA) is 72.3 Å². The number of aromatic nitrogens is 2. The highest BCUT2D eigenvalue weighted by atomic mass is 32.2. The fourth-order valence-corrected chi connectivity index (χ4v) is 3.27. The minimum Gasteiger partial charge on any atom is -0.337 e. The number of carbonyl (C=O) groups excluding carboxylic acids is 1. The van der Waals surface area contributed by atoms with Crippen LogP contribution in [0, 0.1) is 0 Å². The Morgan fingerprint density at radius 3 is 2.45 bits per heavy atom. The van der Waals surface area contributed by atoms with Crippen LogP contribution in [0.4, 0.5) is 0 Å². The second-order valence-electron chi connectivity index (χ2n) is 4.83. The minimum absolute atomic E-state index is 0.00505. The van der Waals surface area contributed by atoms with Crippen LogP contribution in [0.3, 0.4) is 0 Å². The van der Waals surface area contributed by atoms with E-state index < -0.39 is 15.9 Å². The molecule has 0 fully saturated rings. The van der Waals surface area contributed by atoms with Crippen molar-refractivity contribution in [3.63, 3.8) is 0 Å². The van der Waals surface area contributed by atoms with Gasteiger partial charge in [0.15, 0.2) is 9.84 Å². The van der Waals surface area contributed by atoms with E-state index in [4.69, 9.17) is 0 Å². The normalized spacial score (nSPS) is 14.8. The van der Waals surface area contributed by atoms with E-state index in [0.29, 0.717) is 6.54 Å². The number of rotatable bonds is 7. The van der Waals surface area contributed by atoms with Gasteiger partial charge in [0.2, 0.25) is 5.91 Å². The summed E-state index contributed by atoms with van der Waals surface area (Å²) < 4.78 is 25.0. The Labute approximate surface area is 120 Å². The van der Waals surface area contributed by atoms with Gasteiger partial charge in [-0.05, 0) is 26.8 Å². The molecule has 0 spiro atoms. The zero-order valence-corrected chi connectivity index (χ0v) is 13.3. The molecular weight excluding hydrogens is 278 g/mol. The maximum Gasteiger partial charge on any atom is 0.247 e. The molecule has 0 N–H and O–H groups in total. The highest BCUT2D eigenvalue weighted by Crippen LogP contribution is 2.13. The van der Waals surface area contributed by atoms with Crippen LogP contribution >= 0.6 is 0 Å². The first-order valence-corrected chi connectivity index (χ1v) is 8.64. The second kappa shape index (κ2) is 6.88. The molecule has 0 unspecified atom stereocenters. The molecular formula is C13H23N3O3S. The van der Waals surface area contributed by atoms with E-state index in [1.807, 2.05) is 6.92 Å². The summed E-state index contributed by atoms with van der Waals surface area (Å²) in [6.45, 7) is 7.48. The zero-order chi connectivity index (χ0) is 15.3. The molecule has 114 valence electrons. The van der Waals surface area contributed by atoms with Gasteiger partial charge in [0.1, 0.15) is 6.04 Å². The van der Waals surface area contributed by atoms with Crippen molar-refractivity contribution in [1.82, 2.24) is 14.7 Å². The zero-order valence-electron chi connectivity index (χ0n) is 12.5. The Morgan fingerprint density at radius 1 is 1.35 bits per heavy atom. The fraction of sp³-hybridized carbons (Fsp3) is 0.692. The van der Waals surface area contributed by atoms with E-state index in [-0.39, 0.29) is 23.5 Å². The van der Waals surface area contributed by atoms with E-state index >= 15 is 0 Å². The van der Waals surface area contributed by atoms with Gasteiger partial charge in [0.05, 0.1) is 5.75 Å². The minimum atomic E-state index is -3.10. The first-order valence-electron chi connectivity index (χ1n) is 6.82. The number of nitrogens with zero attached hydrogens (tertiary/aromatic N) is 3. The lowest BCUT2D eigenvalue weighted by Crippen LogP contribution is -2.45. The van der Waals surface area contributed by atoms with Crippen LogP contribution in [0.1, 0.15) is 33.7 Å². The Bertz CT molecular complexity index is 525. The molecule has 0 bridgehead atoms. The average Bonchev–Trinajstić information content (AvgIpc) is 2.91. The van der Waals surface area contributed by atoms with Crippen LogP contribution in [0.15, 0.2) is 18.5 Å². The van der Waals surface area contributed by atoms with E-state index in [0.717, 1.165) is 0 Å². The highest BCUT2D eigenvalue weighted by molar-refractivity contribution is 7.91. The summed E-state index contributed by atoms with van der Waals surface area (Å²) in [5.74, 6) is -0.0258. The van der Waals surface area contributed by atoms with E-state index in [1.54, 1.807) is 48.8 Å². The Balaban J connectivity index is 2.82. The van der Waals surface area contributed by atoms with Crippen molar-refractivity contribution in [2.45, 2.75) is 39.8 Å². The summed E-state index contributed by atoms with van der Waals surface area (Å²) in [5, 5.41) is 4.05. The molecule has 1 heterocycles. The van der Waals surface area contributed by atoms with Crippen LogP contribution in [-0.4, -0.2) is 53.1 Å². The van der Waals surface area contributed by atoms with Crippen molar-refractivity contribution in [1.29, 1.82) is 0 Å². The van der Waals surface area contributed by atoms with Crippen molar-refractivity contribution in [3.8, 4) is 0 Å². The summed E-state index contributed by atoms with van der Waals surface area (Å²) in [5.41, 5.74) is 0. The predicted octanol–water partition coefficient (Wildman–Crippen LogP) is 1.12. The Kier molecular flexibility index (Phi) is 5.74. The number of hydrogen-bond donors (Lipinski definition) is 0. The lowest BCUT2D eigenvalue weighted by atomic mass is 10.2. The Morgan fingerprint density at radius 2 is 2.00 bits per heavy atom. The summed E-state index contributed by atoms with van der Waals surface area (Å²) in [6, 6.07) is 0.984. The molecule has 1 rings (SSSR count). The number of carbonyl (C=O) groups is 1. The van der Waals surface area contributed by atoms with E-state index in [1.165, 1.54) is 0 Å². The second-order valence-corrected chi connectivity index (χ2v) is 7.23. The first-order chi connectivity index (χ1) is 9.32. The molecule has 0 saturated carbocycles. The van der Waals surface area contributed by atoms with Crippen molar-refractivity contribution < 1.29 is 13.2 Å². The number of likely N-dealkylation sites (N-methyl/N-ethyl adjacent to an activating group) is 1. The average molecular weight is 301 g/mol. The molecule has 2 atom stereocenters. The lowest BCUT2D eigenvalue weighted by Gasteiger charge is -2.30. The van der Waals surface area contributed by atoms with Gasteiger partial charge in [-0.15, -0.1) is 0 Å². The predicted molar refractivity (Wildman–Crippen MR) is 78.1 cm³/mol. The van der Waals surface area contributed by atoms with Gasteiger partial charge in [-0.2, -0.15) is 5.10 Å². The molecule has 0 saturated heterocycles. The maximum absolute atomic E-state index is 12.5. The smallest absolute Gasteiger partial charge is 0.247 e. The van der Waals surface area contributed by atoms with Crippen LogP contribution in [0.25, 0.3) is 0 Å². The van der Waals surface area contributed by atoms with E-state index in [9.17, 15) is 13.2 Å². The van der Waals surface area contributed by atoms with Gasteiger partial charge in [0, 0.05) is 30.7 Å². The van der Waals surface area contributed by atoms with Gasteiger partial charge in [-0.25, -0.2) is 8.42 Å². The fourth-order valence-electron chi connectivity index (χ4n) is 2.12. The third kappa shape index (κ3) is 4.06. The van der Waals surface area contributed by atoms with Gasteiger partial charge in [0.25, 0.3) is 0 Å². The van der Waals surface area contributed by atoms with Crippen molar-refractivity contribution in [2.75, 3.05) is 18.1 Å². The molecule has 0 aromatic carbocycles. The molecule has 1 amide bonds. The molecule has 7 heteroatoms. The summed E-state index contributed by atoms with van der Waals surface area (Å²) in [6.07, 6.45) is 3.34. The van der Waals surface area contributed by atoms with Crippen LogP contribution in [0.5, 0.6) is 0 Å². The van der Waals surface area contributed by atoms with Crippen molar-refractivity contribution in [3.05, 3.63) is 18.5 Å². The van der Waals surface area contributed by atoms with Crippen molar-refractivity contribution in [2.24, 2.45) is 0 Å². The highest BCUT2D eigenvalue weighted by Gasteiger charge is 2.27. The maximum atomic E-state index is 12.5. The summed E-state index contributed by atoms with van der Waals surface area (Å²) in [4.78, 5) is 14.1. The Hall–Kier alpha value is -1.37. The molecule has 0 radical (unpaired) electrons. The standard InChI is InChI=1S/C13H23N3O3S/c1-5-15(11(3)10-20(18,19)6-2)13(17)12(4)16-9-7-8-14-16/h7-9,11-12H,5-6,10H2,1-4H3/t11-,12+/m1/s1. The number of hydrogen-bond acceptors (Lipinski definition) is 4. The van der Waals surface area contributed by atoms with Gasteiger partial charge in [-0.1, -0.05) is 6.92 Å². The largest absolute Gasteiger partial charge is 0.337 e. The monoisotopic (exact) mass is 301 g/mol. The quantitative estimate of drug-likeness (QED) is 0.756. The van der Waals surface area contributed by atoms with Crippen LogP contribution < -0.4 is 0 Å². The molecule has 0 aliphatic heterocycles. The summed E-state index contributed by atoms with van der Waals surface area (Å²) in [7, 11) is -3.10. The number of amides is 1. The first kappa shape index (κ1) is 16.7. The molecule has 1 aromatic heterocycles. The number of sulfone groups is 1. The van der Waals surface area contributed by atoms with E-state index in [2.05, 4.69) is 5.10 Å². The SMILES string of the molecule is CCN(C(=O)[C@H](C)n1cccn1)[C@H](C)CS(=O)(=O)CC. The summed E-state index contributed by atoms with van der Waals surface area (Å²) >= 11 is 0. The molecule has 6 nitrogen and oxygen atoms in total. The molecule has 0 aliphatic rings. The third-order valence-corrected chi connectivity index (χ3v) is 5.24. The van der Waals surface area contributed by atoms with Gasteiger partial charge < -0.3 is 4.90 Å². The van der Waals surface area contributed by atoms with Crippen LogP contribution in [0.2, 0.25) is 0 Å². The van der Waals surface area contributed by atoms with Gasteiger partial charge in [-0.3, -0.25) is 9.48 Å². The van der Waals surface area contributed by atoms with Crippen LogP contribution in [-0.2, 0) is 14.6 Å². The van der Waals surface area contributed by atoms with Crippen molar-refractivity contribution >= 4 is 15.7 Å². The third-order valence-electron chi connectivity index (χ3n) is 3.37. The van der Waals surface area contributed by atoms with Gasteiger partial charge >= 0.3 is 0 Å². The molecule has 20 heavy (non-hydrogen) atoms. The molecule has 0 aliphatic carbocycles. The molecule has 1 aromatic rings.